The molecule has 1 atom stereocenters. The van der Waals surface area contributed by atoms with E-state index in [-0.39, 0.29) is 29.3 Å². The minimum absolute atomic E-state index is 0.0168. The Kier molecular flexibility index (Phi) is 5.21. The van der Waals surface area contributed by atoms with Crippen LogP contribution in [0.1, 0.15) is 11.7 Å². The lowest BCUT2D eigenvalue weighted by molar-refractivity contribution is -0.386. The van der Waals surface area contributed by atoms with Crippen LogP contribution in [0.25, 0.3) is 0 Å². The standard InChI is InChI=1S/C11H15N3O6/c1-13(12-16)6-9(15)7-4-10(19-2)11(20-3)5-8(7)14(17)18/h4-5,9,15H,6H2,1-3H3. The third-order valence-electron chi connectivity index (χ3n) is 2.67. The topological polar surface area (TPSA) is 115 Å². The largest absolute Gasteiger partial charge is 0.493 e. The van der Waals surface area contributed by atoms with E-state index in [0.717, 1.165) is 11.1 Å². The summed E-state index contributed by atoms with van der Waals surface area (Å²) >= 11 is 0. The molecule has 0 saturated carbocycles. The maximum atomic E-state index is 11.0. The average molecular weight is 285 g/mol. The van der Waals surface area contributed by atoms with Crippen molar-refractivity contribution >= 4 is 5.69 Å². The van der Waals surface area contributed by atoms with Gasteiger partial charge < -0.3 is 14.6 Å². The van der Waals surface area contributed by atoms with E-state index < -0.39 is 11.0 Å². The van der Waals surface area contributed by atoms with Gasteiger partial charge in [-0.15, -0.1) is 4.91 Å². The van der Waals surface area contributed by atoms with Crippen LogP contribution in [-0.4, -0.2) is 42.9 Å². The SMILES string of the molecule is COc1cc(C(O)CN(C)N=O)c([N+](=O)[O-])cc1OC. The molecule has 0 bridgehead atoms. The molecule has 0 aliphatic heterocycles. The summed E-state index contributed by atoms with van der Waals surface area (Å²) in [7, 11) is 4.07. The Morgan fingerprint density at radius 1 is 1.40 bits per heavy atom. The van der Waals surface area contributed by atoms with Gasteiger partial charge in [0.1, 0.15) is 6.10 Å². The Morgan fingerprint density at radius 2 is 1.95 bits per heavy atom. The number of methoxy groups -OCH3 is 2. The highest BCUT2D eigenvalue weighted by Gasteiger charge is 2.25. The van der Waals surface area contributed by atoms with Crippen molar-refractivity contribution in [2.75, 3.05) is 27.8 Å². The molecule has 0 heterocycles. The summed E-state index contributed by atoms with van der Waals surface area (Å²) in [6.45, 7) is -0.181. The lowest BCUT2D eigenvalue weighted by atomic mass is 10.1. The summed E-state index contributed by atoms with van der Waals surface area (Å²) in [5.41, 5.74) is -0.308. The molecular weight excluding hydrogens is 270 g/mol. The van der Waals surface area contributed by atoms with Gasteiger partial charge in [-0.25, -0.2) is 0 Å². The number of hydrogen-bond donors (Lipinski definition) is 1. The summed E-state index contributed by atoms with van der Waals surface area (Å²) in [4.78, 5) is 20.7. The smallest absolute Gasteiger partial charge is 0.279 e. The van der Waals surface area contributed by atoms with Crippen LogP contribution in [-0.2, 0) is 0 Å². The van der Waals surface area contributed by atoms with Crippen molar-refractivity contribution in [2.24, 2.45) is 5.29 Å². The Morgan fingerprint density at radius 3 is 2.40 bits per heavy atom. The van der Waals surface area contributed by atoms with Crippen LogP contribution >= 0.6 is 0 Å². The van der Waals surface area contributed by atoms with Crippen molar-refractivity contribution < 1.29 is 19.5 Å². The third-order valence-corrected chi connectivity index (χ3v) is 2.67. The first-order chi connectivity index (χ1) is 9.44. The van der Waals surface area contributed by atoms with Crippen molar-refractivity contribution in [3.05, 3.63) is 32.7 Å². The second-order valence-corrected chi connectivity index (χ2v) is 3.96. The molecule has 1 aromatic rings. The molecule has 9 heteroatoms. The number of nitroso groups, excluding NO2 is 1. The number of likely N-dealkylation sites (N-methyl/N-ethyl adjacent to an activating group) is 1. The molecule has 9 nitrogen and oxygen atoms in total. The molecule has 0 aliphatic carbocycles. The highest BCUT2D eigenvalue weighted by Crippen LogP contribution is 2.37. The second-order valence-electron chi connectivity index (χ2n) is 3.96. The fourth-order valence-corrected chi connectivity index (χ4v) is 1.69. The Bertz CT molecular complexity index is 507. The van der Waals surface area contributed by atoms with Gasteiger partial charge in [0.25, 0.3) is 5.69 Å². The number of ether oxygens (including phenoxy) is 2. The number of rotatable bonds is 7. The van der Waals surface area contributed by atoms with E-state index in [2.05, 4.69) is 5.29 Å². The predicted octanol–water partition coefficient (Wildman–Crippen LogP) is 1.26. The first-order valence-electron chi connectivity index (χ1n) is 5.57. The maximum Gasteiger partial charge on any atom is 0.279 e. The number of aliphatic hydroxyl groups is 1. The van der Waals surface area contributed by atoms with Crippen LogP contribution in [0.4, 0.5) is 5.69 Å². The van der Waals surface area contributed by atoms with Gasteiger partial charge >= 0.3 is 0 Å². The zero-order valence-corrected chi connectivity index (χ0v) is 11.3. The van der Waals surface area contributed by atoms with E-state index in [1.165, 1.54) is 27.3 Å². The number of nitro benzene ring substituents is 1. The van der Waals surface area contributed by atoms with Crippen LogP contribution < -0.4 is 9.47 Å². The van der Waals surface area contributed by atoms with E-state index >= 15 is 0 Å². The lowest BCUT2D eigenvalue weighted by Crippen LogP contribution is -2.19. The van der Waals surface area contributed by atoms with Gasteiger partial charge in [0.05, 0.1) is 42.6 Å². The zero-order chi connectivity index (χ0) is 15.3. The average Bonchev–Trinajstić information content (AvgIpc) is 2.45. The number of hydrogen-bond acceptors (Lipinski definition) is 7. The maximum absolute atomic E-state index is 11.0. The first-order valence-corrected chi connectivity index (χ1v) is 5.57. The molecule has 1 unspecified atom stereocenters. The Balaban J connectivity index is 3.28. The number of nitrogens with zero attached hydrogens (tertiary/aromatic N) is 3. The summed E-state index contributed by atoms with van der Waals surface area (Å²) in [6, 6.07) is 2.46. The molecule has 0 fully saturated rings. The van der Waals surface area contributed by atoms with E-state index in [9.17, 15) is 20.1 Å². The molecular formula is C11H15N3O6. The molecule has 0 amide bonds. The van der Waals surface area contributed by atoms with Gasteiger partial charge in [0.15, 0.2) is 11.5 Å². The molecule has 0 saturated heterocycles. The van der Waals surface area contributed by atoms with Crippen molar-refractivity contribution in [3.63, 3.8) is 0 Å². The molecule has 0 spiro atoms. The first kappa shape index (κ1) is 15.6. The minimum Gasteiger partial charge on any atom is -0.493 e. The number of aliphatic hydroxyl groups excluding tert-OH is 1. The van der Waals surface area contributed by atoms with Crippen LogP contribution in [0.3, 0.4) is 0 Å². The minimum atomic E-state index is -1.27. The predicted molar refractivity (Wildman–Crippen MR) is 69.6 cm³/mol. The van der Waals surface area contributed by atoms with E-state index in [4.69, 9.17) is 9.47 Å². The lowest BCUT2D eigenvalue weighted by Gasteiger charge is -2.17. The summed E-state index contributed by atoms with van der Waals surface area (Å²) in [5, 5.41) is 24.6. The molecule has 0 aromatic heterocycles. The van der Waals surface area contributed by atoms with Gasteiger partial charge in [-0.2, -0.15) is 0 Å². The second kappa shape index (κ2) is 6.66. The summed E-state index contributed by atoms with van der Waals surface area (Å²) in [5.74, 6) is 0.422. The highest BCUT2D eigenvalue weighted by molar-refractivity contribution is 5.55. The highest BCUT2D eigenvalue weighted by atomic mass is 16.6. The normalized spacial score (nSPS) is 11.6. The van der Waals surface area contributed by atoms with E-state index in [1.807, 2.05) is 0 Å². The molecule has 1 rings (SSSR count). The Labute approximate surface area is 114 Å². The van der Waals surface area contributed by atoms with Crippen molar-refractivity contribution in [3.8, 4) is 11.5 Å². The van der Waals surface area contributed by atoms with E-state index in [1.54, 1.807) is 0 Å². The van der Waals surface area contributed by atoms with Crippen LogP contribution in [0.15, 0.2) is 17.4 Å². The molecule has 1 N–H and O–H groups in total. The summed E-state index contributed by atoms with van der Waals surface area (Å²) < 4.78 is 10.0. The van der Waals surface area contributed by atoms with Crippen LogP contribution in [0.2, 0.25) is 0 Å². The number of nitro groups is 1. The van der Waals surface area contributed by atoms with Gasteiger partial charge in [-0.05, 0) is 6.07 Å². The van der Waals surface area contributed by atoms with Crippen LogP contribution in [0.5, 0.6) is 11.5 Å². The Hall–Kier alpha value is -2.42. The third kappa shape index (κ3) is 3.32. The van der Waals surface area contributed by atoms with Gasteiger partial charge in [-0.1, -0.05) is 0 Å². The van der Waals surface area contributed by atoms with Crippen molar-refractivity contribution in [1.82, 2.24) is 5.01 Å². The fourth-order valence-electron chi connectivity index (χ4n) is 1.69. The van der Waals surface area contributed by atoms with Crippen molar-refractivity contribution in [1.29, 1.82) is 0 Å². The molecule has 110 valence electrons. The zero-order valence-electron chi connectivity index (χ0n) is 11.3. The monoisotopic (exact) mass is 285 g/mol. The summed E-state index contributed by atoms with van der Waals surface area (Å²) in [6.07, 6.45) is -1.27. The van der Waals surface area contributed by atoms with Gasteiger partial charge in [0, 0.05) is 7.05 Å². The molecule has 20 heavy (non-hydrogen) atoms. The van der Waals surface area contributed by atoms with E-state index in [0.29, 0.717) is 0 Å². The van der Waals surface area contributed by atoms with Crippen molar-refractivity contribution in [2.45, 2.75) is 6.10 Å². The molecule has 1 aromatic carbocycles. The van der Waals surface area contributed by atoms with Gasteiger partial charge in [0.2, 0.25) is 0 Å². The van der Waals surface area contributed by atoms with Gasteiger partial charge in [-0.3, -0.25) is 15.1 Å². The quantitative estimate of drug-likeness (QED) is 0.455. The number of benzene rings is 1. The molecule has 0 aliphatic rings. The fraction of sp³-hybridized carbons (Fsp3) is 0.455. The van der Waals surface area contributed by atoms with Crippen LogP contribution in [0, 0.1) is 15.0 Å². The molecule has 0 radical (unpaired) electrons.